The summed E-state index contributed by atoms with van der Waals surface area (Å²) in [6.07, 6.45) is 1.44. The van der Waals surface area contributed by atoms with Gasteiger partial charge < -0.3 is 25.3 Å². The molecule has 0 saturated carbocycles. The molecule has 118 valence electrons. The van der Waals surface area contributed by atoms with Crippen LogP contribution < -0.4 is 15.8 Å². The normalized spacial score (nSPS) is 27.6. The van der Waals surface area contributed by atoms with Gasteiger partial charge >= 0.3 is 0 Å². The summed E-state index contributed by atoms with van der Waals surface area (Å²) in [5.41, 5.74) is 8.41. The first-order chi connectivity index (χ1) is 10.7. The van der Waals surface area contributed by atoms with Crippen molar-refractivity contribution in [2.24, 2.45) is 5.73 Å². The van der Waals surface area contributed by atoms with Gasteiger partial charge in [-0.2, -0.15) is 0 Å². The lowest BCUT2D eigenvalue weighted by atomic mass is 10.0. The molecule has 3 atom stereocenters. The molecule has 3 heterocycles. The fourth-order valence-corrected chi connectivity index (χ4v) is 3.96. The number of anilines is 1. The Kier molecular flexibility index (Phi) is 3.65. The molecule has 1 aromatic heterocycles. The van der Waals surface area contributed by atoms with E-state index in [-0.39, 0.29) is 18.4 Å². The van der Waals surface area contributed by atoms with E-state index in [1.54, 1.807) is 18.4 Å². The van der Waals surface area contributed by atoms with Crippen molar-refractivity contribution in [3.05, 3.63) is 17.7 Å². The Bertz CT molecular complexity index is 690. The Morgan fingerprint density at radius 2 is 2.36 bits per heavy atom. The minimum Gasteiger partial charge on any atom is -0.493 e. The molecule has 0 amide bonds. The number of hydrogen-bond donors (Lipinski definition) is 2. The summed E-state index contributed by atoms with van der Waals surface area (Å²) in [5.74, 6) is 0.964. The number of ether oxygens (including phenoxy) is 3. The third-order valence-corrected chi connectivity index (χ3v) is 5.19. The van der Waals surface area contributed by atoms with Crippen molar-refractivity contribution in [3.63, 3.8) is 0 Å². The second kappa shape index (κ2) is 5.66. The molecule has 0 bridgehead atoms. The number of nitrogens with one attached hydrogen (secondary N) is 1. The molecular weight excluding hydrogens is 302 g/mol. The van der Waals surface area contributed by atoms with Crippen LogP contribution in [0.3, 0.4) is 0 Å². The zero-order valence-electron chi connectivity index (χ0n) is 12.4. The van der Waals surface area contributed by atoms with Crippen LogP contribution >= 0.6 is 11.3 Å². The predicted molar refractivity (Wildman–Crippen MR) is 85.6 cm³/mol. The van der Waals surface area contributed by atoms with E-state index < -0.39 is 0 Å². The highest BCUT2D eigenvalue weighted by molar-refractivity contribution is 7.22. The van der Waals surface area contributed by atoms with Gasteiger partial charge in [0.15, 0.2) is 11.4 Å². The Morgan fingerprint density at radius 3 is 3.23 bits per heavy atom. The fourth-order valence-electron chi connectivity index (χ4n) is 3.00. The van der Waals surface area contributed by atoms with Gasteiger partial charge in [-0.15, -0.1) is 0 Å². The Balaban J connectivity index is 1.59. The van der Waals surface area contributed by atoms with E-state index in [0.717, 1.165) is 35.8 Å². The van der Waals surface area contributed by atoms with Crippen LogP contribution in [0.1, 0.15) is 12.0 Å². The summed E-state index contributed by atoms with van der Waals surface area (Å²) in [6, 6.07) is 4.15. The molecule has 1 saturated heterocycles. The van der Waals surface area contributed by atoms with Crippen molar-refractivity contribution >= 4 is 26.7 Å². The minimum absolute atomic E-state index is 0.0625. The maximum Gasteiger partial charge on any atom is 0.184 e. The zero-order valence-corrected chi connectivity index (χ0v) is 13.2. The predicted octanol–water partition coefficient (Wildman–Crippen LogP) is 1.73. The molecule has 1 aromatic carbocycles. The first-order valence-electron chi connectivity index (χ1n) is 7.46. The van der Waals surface area contributed by atoms with E-state index in [2.05, 4.69) is 11.4 Å². The molecule has 3 N–H and O–H groups in total. The van der Waals surface area contributed by atoms with Gasteiger partial charge in [-0.1, -0.05) is 11.3 Å². The van der Waals surface area contributed by atoms with E-state index in [4.69, 9.17) is 24.9 Å². The van der Waals surface area contributed by atoms with Crippen LogP contribution in [-0.2, 0) is 15.9 Å². The molecule has 22 heavy (non-hydrogen) atoms. The number of nitrogens with two attached hydrogens (primary N) is 1. The molecule has 2 aromatic rings. The number of hydrogen-bond acceptors (Lipinski definition) is 7. The van der Waals surface area contributed by atoms with E-state index >= 15 is 0 Å². The Labute approximate surface area is 132 Å². The van der Waals surface area contributed by atoms with Gasteiger partial charge in [-0.3, -0.25) is 0 Å². The Hall–Kier alpha value is -1.41. The average molecular weight is 321 g/mol. The lowest BCUT2D eigenvalue weighted by Crippen LogP contribution is -2.50. The van der Waals surface area contributed by atoms with E-state index in [1.165, 1.54) is 10.3 Å². The molecule has 6 nitrogen and oxygen atoms in total. The summed E-state index contributed by atoms with van der Waals surface area (Å²) in [5, 5.41) is 4.35. The molecule has 2 aliphatic heterocycles. The minimum atomic E-state index is -0.204. The highest BCUT2D eigenvalue weighted by Gasteiger charge is 2.29. The number of thiazole rings is 1. The van der Waals surface area contributed by atoms with Crippen LogP contribution in [0.15, 0.2) is 12.1 Å². The van der Waals surface area contributed by atoms with Gasteiger partial charge in [0.25, 0.3) is 0 Å². The highest BCUT2D eigenvalue weighted by atomic mass is 32.1. The maximum absolute atomic E-state index is 6.14. The average Bonchev–Trinajstić information content (AvgIpc) is 3.14. The van der Waals surface area contributed by atoms with Crippen LogP contribution in [0.4, 0.5) is 5.13 Å². The van der Waals surface area contributed by atoms with Crippen LogP contribution in [0.5, 0.6) is 5.75 Å². The number of aromatic nitrogens is 1. The van der Waals surface area contributed by atoms with Crippen LogP contribution in [0.2, 0.25) is 0 Å². The van der Waals surface area contributed by atoms with Gasteiger partial charge in [0.05, 0.1) is 29.5 Å². The van der Waals surface area contributed by atoms with E-state index in [1.807, 2.05) is 6.07 Å². The maximum atomic E-state index is 6.14. The van der Waals surface area contributed by atoms with Gasteiger partial charge in [0, 0.05) is 31.6 Å². The SMILES string of the molecule is CO[C@H]1C[C@@H](Nc2nc3c4c(ccc3s2)OCC4)[C@@H](N)CO1. The molecule has 1 fully saturated rings. The molecule has 0 spiro atoms. The molecule has 2 aliphatic rings. The molecule has 0 aliphatic carbocycles. The first-order valence-corrected chi connectivity index (χ1v) is 8.28. The van der Waals surface area contributed by atoms with Crippen LogP contribution in [-0.4, -0.2) is 43.7 Å². The molecule has 0 radical (unpaired) electrons. The van der Waals surface area contributed by atoms with Crippen molar-refractivity contribution in [1.29, 1.82) is 0 Å². The summed E-state index contributed by atoms with van der Waals surface area (Å²) in [7, 11) is 1.65. The first kappa shape index (κ1) is 14.2. The van der Waals surface area contributed by atoms with Crippen molar-refractivity contribution in [3.8, 4) is 5.75 Å². The Morgan fingerprint density at radius 1 is 1.45 bits per heavy atom. The van der Waals surface area contributed by atoms with E-state index in [9.17, 15) is 0 Å². The number of fused-ring (bicyclic) bond motifs is 3. The second-order valence-corrected chi connectivity index (χ2v) is 6.69. The van der Waals surface area contributed by atoms with Gasteiger partial charge in [0.2, 0.25) is 0 Å². The molecule has 4 rings (SSSR count). The smallest absolute Gasteiger partial charge is 0.184 e. The summed E-state index contributed by atoms with van der Waals surface area (Å²) < 4.78 is 17.6. The van der Waals surface area contributed by atoms with Crippen molar-refractivity contribution in [2.75, 3.05) is 25.6 Å². The van der Waals surface area contributed by atoms with Crippen LogP contribution in [0, 0.1) is 0 Å². The zero-order chi connectivity index (χ0) is 15.1. The van der Waals surface area contributed by atoms with Crippen molar-refractivity contribution in [2.45, 2.75) is 31.2 Å². The number of nitrogens with zero attached hydrogens (tertiary/aromatic N) is 1. The van der Waals surface area contributed by atoms with Gasteiger partial charge in [0.1, 0.15) is 5.75 Å². The molecule has 7 heteroatoms. The monoisotopic (exact) mass is 321 g/mol. The van der Waals surface area contributed by atoms with Crippen LogP contribution in [0.25, 0.3) is 10.2 Å². The standard InChI is InChI=1S/C15H19N3O3S/c1-19-13-6-10(9(16)7-21-13)17-15-18-14-8-4-5-20-11(8)2-3-12(14)22-15/h2-3,9-10,13H,4-7,16H2,1H3,(H,17,18)/t9-,10+,13+/m0/s1. The highest BCUT2D eigenvalue weighted by Crippen LogP contribution is 2.36. The lowest BCUT2D eigenvalue weighted by molar-refractivity contribution is -0.152. The van der Waals surface area contributed by atoms with Crippen molar-refractivity contribution in [1.82, 2.24) is 4.98 Å². The van der Waals surface area contributed by atoms with E-state index in [0.29, 0.717) is 6.61 Å². The molecule has 0 unspecified atom stereocenters. The fraction of sp³-hybridized carbons (Fsp3) is 0.533. The van der Waals surface area contributed by atoms with Crippen molar-refractivity contribution < 1.29 is 14.2 Å². The summed E-state index contributed by atoms with van der Waals surface area (Å²) in [6.45, 7) is 1.24. The number of rotatable bonds is 3. The quantitative estimate of drug-likeness (QED) is 0.896. The third kappa shape index (κ3) is 2.44. The topological polar surface area (TPSA) is 78.6 Å². The molecular formula is C15H19N3O3S. The summed E-state index contributed by atoms with van der Waals surface area (Å²) >= 11 is 1.65. The summed E-state index contributed by atoms with van der Waals surface area (Å²) in [4.78, 5) is 4.75. The second-order valence-electron chi connectivity index (χ2n) is 5.66. The van der Waals surface area contributed by atoms with Gasteiger partial charge in [-0.05, 0) is 12.1 Å². The number of methoxy groups -OCH3 is 1. The van der Waals surface area contributed by atoms with Gasteiger partial charge in [-0.25, -0.2) is 4.98 Å². The number of benzene rings is 1. The third-order valence-electron chi connectivity index (χ3n) is 4.24. The largest absolute Gasteiger partial charge is 0.493 e. The lowest BCUT2D eigenvalue weighted by Gasteiger charge is -2.33.